The molecule has 0 aliphatic heterocycles. The van der Waals surface area contributed by atoms with Gasteiger partial charge in [-0.2, -0.15) is 13.5 Å². The quantitative estimate of drug-likeness (QED) is 0.584. The summed E-state index contributed by atoms with van der Waals surface area (Å²) < 4.78 is 58.1. The maximum absolute atomic E-state index is 15.2. The summed E-state index contributed by atoms with van der Waals surface area (Å²) in [6.45, 7) is 3.63. The van der Waals surface area contributed by atoms with Gasteiger partial charge in [0, 0.05) is 5.56 Å². The van der Waals surface area contributed by atoms with E-state index in [1.807, 2.05) is 19.8 Å². The van der Waals surface area contributed by atoms with Gasteiger partial charge in [-0.3, -0.25) is 0 Å². The Morgan fingerprint density at radius 3 is 1.93 bits per heavy atom. The van der Waals surface area contributed by atoms with E-state index in [0.717, 1.165) is 11.1 Å². The maximum atomic E-state index is 15.2. The van der Waals surface area contributed by atoms with E-state index < -0.39 is 22.0 Å². The van der Waals surface area contributed by atoms with Gasteiger partial charge >= 0.3 is 5.92 Å². The number of benzene rings is 3. The standard InChI is InChI=1S/C24H21F2NO2S/c1-18-8-12-21(13-9-18)23(24(25,26)17-16-20-6-4-3-5-7-20)27-30(28,29)22-14-10-19(2)11-15-22/h3-15,23,27H,1-2H3. The van der Waals surface area contributed by atoms with E-state index in [1.54, 1.807) is 54.6 Å². The summed E-state index contributed by atoms with van der Waals surface area (Å²) in [7, 11) is -4.20. The van der Waals surface area contributed by atoms with E-state index >= 15 is 8.78 Å². The second kappa shape index (κ2) is 8.78. The monoisotopic (exact) mass is 425 g/mol. The fraction of sp³-hybridized carbons (Fsp3) is 0.167. The number of hydrogen-bond acceptors (Lipinski definition) is 2. The molecule has 3 rings (SSSR count). The van der Waals surface area contributed by atoms with Gasteiger partial charge in [0.05, 0.1) is 4.90 Å². The summed E-state index contributed by atoms with van der Waals surface area (Å²) in [6.07, 6.45) is 0. The second-order valence-electron chi connectivity index (χ2n) is 7.02. The molecule has 0 aliphatic carbocycles. The third-order valence-electron chi connectivity index (χ3n) is 4.52. The molecule has 6 heteroatoms. The normalized spacial score (nSPS) is 12.7. The van der Waals surface area contributed by atoms with Crippen LogP contribution in [0.25, 0.3) is 0 Å². The Hall–Kier alpha value is -3.01. The second-order valence-corrected chi connectivity index (χ2v) is 8.73. The molecule has 0 radical (unpaired) electrons. The zero-order valence-corrected chi connectivity index (χ0v) is 17.4. The number of sulfonamides is 1. The lowest BCUT2D eigenvalue weighted by atomic mass is 10.0. The summed E-state index contributed by atoms with van der Waals surface area (Å²) in [4.78, 5) is -0.0861. The molecule has 0 spiro atoms. The van der Waals surface area contributed by atoms with Gasteiger partial charge < -0.3 is 0 Å². The van der Waals surface area contributed by atoms with Crippen molar-refractivity contribution in [1.82, 2.24) is 4.72 Å². The van der Waals surface area contributed by atoms with Crippen LogP contribution in [-0.2, 0) is 10.0 Å². The molecule has 0 amide bonds. The Morgan fingerprint density at radius 2 is 1.37 bits per heavy atom. The first-order valence-electron chi connectivity index (χ1n) is 9.29. The van der Waals surface area contributed by atoms with Crippen molar-refractivity contribution in [3.63, 3.8) is 0 Å². The van der Waals surface area contributed by atoms with Gasteiger partial charge in [-0.25, -0.2) is 8.42 Å². The summed E-state index contributed by atoms with van der Waals surface area (Å²) in [5.41, 5.74) is 2.28. The van der Waals surface area contributed by atoms with Gasteiger partial charge in [-0.15, -0.1) is 0 Å². The van der Waals surface area contributed by atoms with Crippen LogP contribution in [0.4, 0.5) is 8.78 Å². The summed E-state index contributed by atoms with van der Waals surface area (Å²) in [6, 6.07) is 18.8. The Bertz CT molecular complexity index is 1160. The average molecular weight is 426 g/mol. The lowest BCUT2D eigenvalue weighted by molar-refractivity contribution is 0.0303. The van der Waals surface area contributed by atoms with Gasteiger partial charge in [0.15, 0.2) is 0 Å². The van der Waals surface area contributed by atoms with E-state index in [0.29, 0.717) is 5.56 Å². The van der Waals surface area contributed by atoms with E-state index in [4.69, 9.17) is 0 Å². The van der Waals surface area contributed by atoms with Crippen LogP contribution in [0.2, 0.25) is 0 Å². The number of rotatable bonds is 5. The third-order valence-corrected chi connectivity index (χ3v) is 5.96. The largest absolute Gasteiger partial charge is 0.328 e. The topological polar surface area (TPSA) is 46.2 Å². The predicted octanol–water partition coefficient (Wildman–Crippen LogP) is 5.01. The first kappa shape index (κ1) is 21.7. The molecule has 0 fully saturated rings. The van der Waals surface area contributed by atoms with Crippen LogP contribution in [0.1, 0.15) is 28.3 Å². The number of hydrogen-bond donors (Lipinski definition) is 1. The van der Waals surface area contributed by atoms with Crippen LogP contribution >= 0.6 is 0 Å². The molecule has 0 bridgehead atoms. The van der Waals surface area contributed by atoms with Crippen molar-refractivity contribution in [2.24, 2.45) is 0 Å². The lowest BCUT2D eigenvalue weighted by Crippen LogP contribution is -2.39. The average Bonchev–Trinajstić information content (AvgIpc) is 2.72. The molecule has 0 heterocycles. The van der Waals surface area contributed by atoms with E-state index in [-0.39, 0.29) is 10.5 Å². The highest BCUT2D eigenvalue weighted by Gasteiger charge is 2.42. The van der Waals surface area contributed by atoms with Crippen molar-refractivity contribution in [3.8, 4) is 11.8 Å². The highest BCUT2D eigenvalue weighted by molar-refractivity contribution is 7.89. The molecule has 0 saturated heterocycles. The molecule has 0 saturated carbocycles. The van der Waals surface area contributed by atoms with Crippen molar-refractivity contribution in [2.75, 3.05) is 0 Å². The maximum Gasteiger partial charge on any atom is 0.328 e. The van der Waals surface area contributed by atoms with Crippen LogP contribution in [0, 0.1) is 25.7 Å². The first-order chi connectivity index (χ1) is 14.2. The molecular formula is C24H21F2NO2S. The first-order valence-corrected chi connectivity index (χ1v) is 10.8. The molecule has 1 unspecified atom stereocenters. The van der Waals surface area contributed by atoms with Crippen molar-refractivity contribution in [1.29, 1.82) is 0 Å². The van der Waals surface area contributed by atoms with Crippen LogP contribution in [0.5, 0.6) is 0 Å². The molecule has 1 atom stereocenters. The lowest BCUT2D eigenvalue weighted by Gasteiger charge is -2.24. The van der Waals surface area contributed by atoms with Crippen LogP contribution in [0.3, 0.4) is 0 Å². The Labute approximate surface area is 175 Å². The molecule has 3 nitrogen and oxygen atoms in total. The van der Waals surface area contributed by atoms with Gasteiger partial charge in [0.1, 0.15) is 6.04 Å². The summed E-state index contributed by atoms with van der Waals surface area (Å²) in [5.74, 6) is 0.756. The van der Waals surface area contributed by atoms with Gasteiger partial charge in [-0.05, 0) is 49.6 Å². The van der Waals surface area contributed by atoms with Crippen LogP contribution in [-0.4, -0.2) is 14.3 Å². The Kier molecular flexibility index (Phi) is 6.35. The minimum absolute atomic E-state index is 0.0861. The highest BCUT2D eigenvalue weighted by atomic mass is 32.2. The van der Waals surface area contributed by atoms with Crippen molar-refractivity contribution in [3.05, 3.63) is 101 Å². The number of alkyl halides is 2. The molecular weight excluding hydrogens is 404 g/mol. The van der Waals surface area contributed by atoms with Crippen LogP contribution < -0.4 is 4.72 Å². The zero-order chi connectivity index (χ0) is 21.8. The minimum atomic E-state index is -4.20. The molecule has 154 valence electrons. The van der Waals surface area contributed by atoms with Crippen molar-refractivity contribution < 1.29 is 17.2 Å². The molecule has 0 aliphatic rings. The van der Waals surface area contributed by atoms with Gasteiger partial charge in [-0.1, -0.05) is 71.6 Å². The number of nitrogens with one attached hydrogen (secondary N) is 1. The van der Waals surface area contributed by atoms with Gasteiger partial charge in [0.2, 0.25) is 10.0 Å². The Morgan fingerprint density at radius 1 is 0.833 bits per heavy atom. The van der Waals surface area contributed by atoms with Crippen LogP contribution in [0.15, 0.2) is 83.8 Å². The fourth-order valence-corrected chi connectivity index (χ4v) is 4.02. The van der Waals surface area contributed by atoms with E-state index in [1.165, 1.54) is 24.3 Å². The van der Waals surface area contributed by atoms with Gasteiger partial charge in [0.25, 0.3) is 0 Å². The highest BCUT2D eigenvalue weighted by Crippen LogP contribution is 2.33. The molecule has 1 N–H and O–H groups in total. The van der Waals surface area contributed by atoms with E-state index in [2.05, 4.69) is 10.6 Å². The third kappa shape index (κ3) is 5.32. The number of aryl methyl sites for hydroxylation is 2. The zero-order valence-electron chi connectivity index (χ0n) is 16.6. The smallest absolute Gasteiger partial charge is 0.207 e. The predicted molar refractivity (Wildman–Crippen MR) is 114 cm³/mol. The molecule has 30 heavy (non-hydrogen) atoms. The van der Waals surface area contributed by atoms with E-state index in [9.17, 15) is 8.42 Å². The number of halogens is 2. The van der Waals surface area contributed by atoms with Crippen molar-refractivity contribution in [2.45, 2.75) is 30.7 Å². The van der Waals surface area contributed by atoms with Crippen molar-refractivity contribution >= 4 is 10.0 Å². The summed E-state index contributed by atoms with van der Waals surface area (Å²) >= 11 is 0. The summed E-state index contributed by atoms with van der Waals surface area (Å²) in [5, 5.41) is 0. The minimum Gasteiger partial charge on any atom is -0.207 e. The SMILES string of the molecule is Cc1ccc(C(NS(=O)(=O)c2ccc(C)cc2)C(F)(F)C#Cc2ccccc2)cc1. The molecule has 0 aromatic heterocycles. The Balaban J connectivity index is 2.01. The molecule has 3 aromatic carbocycles. The fourth-order valence-electron chi connectivity index (χ4n) is 2.80. The molecule has 3 aromatic rings.